The number of halogens is 1. The quantitative estimate of drug-likeness (QED) is 0.559. The van der Waals surface area contributed by atoms with Gasteiger partial charge < -0.3 is 10.2 Å². The van der Waals surface area contributed by atoms with Gasteiger partial charge in [-0.2, -0.15) is 0 Å². The molecular formula is C23H21BrN2O. The Morgan fingerprint density at radius 3 is 2.52 bits per heavy atom. The van der Waals surface area contributed by atoms with Gasteiger partial charge in [-0.05, 0) is 55.3 Å². The molecule has 2 atom stereocenters. The van der Waals surface area contributed by atoms with E-state index in [1.807, 2.05) is 65.6 Å². The minimum absolute atomic E-state index is 0.0365. The molecule has 1 N–H and O–H groups in total. The fourth-order valence-electron chi connectivity index (χ4n) is 3.75. The molecule has 4 heteroatoms. The van der Waals surface area contributed by atoms with Gasteiger partial charge in [0.15, 0.2) is 0 Å². The fourth-order valence-corrected chi connectivity index (χ4v) is 4.15. The average molecular weight is 421 g/mol. The Bertz CT molecular complexity index is 957. The van der Waals surface area contributed by atoms with E-state index in [1.165, 1.54) is 0 Å². The Hall–Kier alpha value is -2.59. The summed E-state index contributed by atoms with van der Waals surface area (Å²) in [4.78, 5) is 15.2. The molecule has 3 aromatic rings. The zero-order valence-electron chi connectivity index (χ0n) is 15.1. The minimum Gasteiger partial charge on any atom is -0.378 e. The van der Waals surface area contributed by atoms with Gasteiger partial charge in [0, 0.05) is 27.5 Å². The second kappa shape index (κ2) is 7.57. The van der Waals surface area contributed by atoms with Gasteiger partial charge in [0.1, 0.15) is 0 Å². The van der Waals surface area contributed by atoms with E-state index in [2.05, 4.69) is 46.4 Å². The fraction of sp³-hybridized carbons (Fsp3) is 0.174. The second-order valence-corrected chi connectivity index (χ2v) is 7.81. The lowest BCUT2D eigenvalue weighted by Gasteiger charge is -2.40. The number of carbonyl (C=O) groups excluding carboxylic acids is 1. The molecule has 4 rings (SSSR count). The maximum Gasteiger partial charge on any atom is 0.258 e. The zero-order valence-corrected chi connectivity index (χ0v) is 16.7. The molecule has 0 fully saturated rings. The van der Waals surface area contributed by atoms with Crippen molar-refractivity contribution < 1.29 is 4.79 Å². The number of fused-ring (bicyclic) bond motifs is 1. The molecule has 1 aliphatic heterocycles. The molecule has 1 aliphatic rings. The van der Waals surface area contributed by atoms with Gasteiger partial charge >= 0.3 is 0 Å². The van der Waals surface area contributed by atoms with Crippen LogP contribution in [0.4, 0.5) is 11.4 Å². The maximum absolute atomic E-state index is 13.3. The third kappa shape index (κ3) is 3.62. The Morgan fingerprint density at radius 1 is 1.00 bits per heavy atom. The summed E-state index contributed by atoms with van der Waals surface area (Å²) in [6.45, 7) is 2.12. The molecule has 27 heavy (non-hydrogen) atoms. The lowest BCUT2D eigenvalue weighted by molar-refractivity contribution is 0.0974. The summed E-state index contributed by atoms with van der Waals surface area (Å²) in [6, 6.07) is 26.3. The average Bonchev–Trinajstić information content (AvgIpc) is 2.68. The van der Waals surface area contributed by atoms with Crippen LogP contribution in [0.3, 0.4) is 0 Å². The Labute approximate surface area is 168 Å². The van der Waals surface area contributed by atoms with Crippen LogP contribution in [-0.2, 0) is 0 Å². The van der Waals surface area contributed by atoms with E-state index in [4.69, 9.17) is 0 Å². The van der Waals surface area contributed by atoms with Gasteiger partial charge in [0.2, 0.25) is 0 Å². The standard InChI is InChI=1S/C23H21BrN2O/c1-16-14-21(25-19-10-3-2-4-11-19)20-12-5-6-13-22(20)26(16)23(27)17-8-7-9-18(24)15-17/h2-13,15-16,21,25H,14H2,1H3/t16-,21-/m1/s1. The summed E-state index contributed by atoms with van der Waals surface area (Å²) >= 11 is 3.47. The predicted octanol–water partition coefficient (Wildman–Crippen LogP) is 6.04. The summed E-state index contributed by atoms with van der Waals surface area (Å²) < 4.78 is 0.912. The van der Waals surface area contributed by atoms with Crippen LogP contribution in [0.1, 0.15) is 35.3 Å². The van der Waals surface area contributed by atoms with Crippen LogP contribution >= 0.6 is 15.9 Å². The van der Waals surface area contributed by atoms with Gasteiger partial charge in [0.25, 0.3) is 5.91 Å². The first kappa shape index (κ1) is 17.8. The lowest BCUT2D eigenvalue weighted by Crippen LogP contribution is -2.44. The second-order valence-electron chi connectivity index (χ2n) is 6.89. The van der Waals surface area contributed by atoms with Crippen LogP contribution in [0, 0.1) is 0 Å². The van der Waals surface area contributed by atoms with Crippen molar-refractivity contribution in [3.63, 3.8) is 0 Å². The molecule has 0 spiro atoms. The van der Waals surface area contributed by atoms with E-state index < -0.39 is 0 Å². The van der Waals surface area contributed by atoms with Crippen molar-refractivity contribution in [1.82, 2.24) is 0 Å². The summed E-state index contributed by atoms with van der Waals surface area (Å²) in [5, 5.41) is 3.63. The minimum atomic E-state index is 0.0365. The van der Waals surface area contributed by atoms with E-state index in [1.54, 1.807) is 0 Å². The van der Waals surface area contributed by atoms with Gasteiger partial charge in [-0.3, -0.25) is 4.79 Å². The summed E-state index contributed by atoms with van der Waals surface area (Å²) in [5.41, 5.74) is 3.93. The molecule has 1 amide bonds. The number of hydrogen-bond donors (Lipinski definition) is 1. The van der Waals surface area contributed by atoms with Crippen molar-refractivity contribution >= 4 is 33.2 Å². The van der Waals surface area contributed by atoms with Crippen LogP contribution in [0.25, 0.3) is 0 Å². The number of nitrogens with zero attached hydrogens (tertiary/aromatic N) is 1. The molecule has 0 unspecified atom stereocenters. The van der Waals surface area contributed by atoms with Crippen LogP contribution < -0.4 is 10.2 Å². The molecule has 1 heterocycles. The van der Waals surface area contributed by atoms with Crippen molar-refractivity contribution in [2.75, 3.05) is 10.2 Å². The predicted molar refractivity (Wildman–Crippen MR) is 114 cm³/mol. The van der Waals surface area contributed by atoms with Gasteiger partial charge in [0.05, 0.1) is 6.04 Å². The van der Waals surface area contributed by atoms with Crippen LogP contribution in [-0.4, -0.2) is 11.9 Å². The van der Waals surface area contributed by atoms with Gasteiger partial charge in [-0.25, -0.2) is 0 Å². The van der Waals surface area contributed by atoms with E-state index >= 15 is 0 Å². The highest BCUT2D eigenvalue weighted by Gasteiger charge is 2.34. The Balaban J connectivity index is 1.70. The first-order valence-electron chi connectivity index (χ1n) is 9.13. The van der Waals surface area contributed by atoms with Crippen molar-refractivity contribution in [3.05, 3.63) is 94.5 Å². The highest BCUT2D eigenvalue weighted by molar-refractivity contribution is 9.10. The van der Waals surface area contributed by atoms with Gasteiger partial charge in [-0.15, -0.1) is 0 Å². The molecule has 0 saturated heterocycles. The number of nitrogens with one attached hydrogen (secondary N) is 1. The highest BCUT2D eigenvalue weighted by atomic mass is 79.9. The first-order chi connectivity index (χ1) is 13.1. The number of hydrogen-bond acceptors (Lipinski definition) is 2. The SMILES string of the molecule is C[C@@H]1C[C@@H](Nc2ccccc2)c2ccccc2N1C(=O)c1cccc(Br)c1. The van der Waals surface area contributed by atoms with E-state index in [9.17, 15) is 4.79 Å². The monoisotopic (exact) mass is 420 g/mol. The van der Waals surface area contributed by atoms with Crippen LogP contribution in [0.2, 0.25) is 0 Å². The van der Waals surface area contributed by atoms with Gasteiger partial charge in [-0.1, -0.05) is 58.4 Å². The molecule has 0 bridgehead atoms. The molecule has 0 radical (unpaired) electrons. The first-order valence-corrected chi connectivity index (χ1v) is 9.92. The molecule has 136 valence electrons. The molecule has 0 aliphatic carbocycles. The van der Waals surface area contributed by atoms with Crippen LogP contribution in [0.15, 0.2) is 83.3 Å². The molecule has 3 nitrogen and oxygen atoms in total. The number of benzene rings is 3. The van der Waals surface area contributed by atoms with E-state index in [0.717, 1.165) is 27.8 Å². The summed E-state index contributed by atoms with van der Waals surface area (Å²) in [6.07, 6.45) is 0.853. The highest BCUT2D eigenvalue weighted by Crippen LogP contribution is 2.39. The number of para-hydroxylation sites is 2. The third-order valence-corrected chi connectivity index (χ3v) is 5.49. The zero-order chi connectivity index (χ0) is 18.8. The number of amides is 1. The third-order valence-electron chi connectivity index (χ3n) is 4.99. The molecule has 3 aromatic carbocycles. The van der Waals surface area contributed by atoms with Crippen molar-refractivity contribution in [2.45, 2.75) is 25.4 Å². The summed E-state index contributed by atoms with van der Waals surface area (Å²) in [7, 11) is 0. The van der Waals surface area contributed by atoms with Crippen molar-refractivity contribution in [2.24, 2.45) is 0 Å². The molecule has 0 aromatic heterocycles. The maximum atomic E-state index is 13.3. The summed E-state index contributed by atoms with van der Waals surface area (Å²) in [5.74, 6) is 0.0365. The molecule has 0 saturated carbocycles. The number of carbonyl (C=O) groups is 1. The van der Waals surface area contributed by atoms with Crippen LogP contribution in [0.5, 0.6) is 0 Å². The smallest absolute Gasteiger partial charge is 0.258 e. The number of rotatable bonds is 3. The van der Waals surface area contributed by atoms with E-state index in [0.29, 0.717) is 5.56 Å². The Kier molecular flexibility index (Phi) is 4.99. The topological polar surface area (TPSA) is 32.3 Å². The molecular weight excluding hydrogens is 400 g/mol. The lowest BCUT2D eigenvalue weighted by atomic mass is 9.90. The number of anilines is 2. The van der Waals surface area contributed by atoms with E-state index in [-0.39, 0.29) is 18.0 Å². The largest absolute Gasteiger partial charge is 0.378 e. The van der Waals surface area contributed by atoms with Crippen molar-refractivity contribution in [1.29, 1.82) is 0 Å². The Morgan fingerprint density at radius 2 is 1.74 bits per heavy atom. The van der Waals surface area contributed by atoms with Crippen molar-refractivity contribution in [3.8, 4) is 0 Å². The normalized spacial score (nSPS) is 18.7.